The van der Waals surface area contributed by atoms with E-state index < -0.39 is 0 Å². The van der Waals surface area contributed by atoms with Crippen LogP contribution in [0.25, 0.3) is 10.9 Å². The van der Waals surface area contributed by atoms with Crippen molar-refractivity contribution in [2.24, 2.45) is 0 Å². The number of H-pyrrole nitrogens is 1. The lowest BCUT2D eigenvalue weighted by Gasteiger charge is -2.05. The van der Waals surface area contributed by atoms with Crippen LogP contribution in [0.3, 0.4) is 0 Å². The summed E-state index contributed by atoms with van der Waals surface area (Å²) in [6, 6.07) is 3.67. The fourth-order valence-electron chi connectivity index (χ4n) is 1.62. The molecule has 0 fully saturated rings. The number of aromatic amines is 1. The predicted octanol–water partition coefficient (Wildman–Crippen LogP) is 3.03. The summed E-state index contributed by atoms with van der Waals surface area (Å²) in [5.74, 6) is -0.319. The normalized spacial score (nSPS) is 10.6. The van der Waals surface area contributed by atoms with Gasteiger partial charge in [-0.15, -0.1) is 0 Å². The van der Waals surface area contributed by atoms with Gasteiger partial charge in [0.25, 0.3) is 0 Å². The zero-order chi connectivity index (χ0) is 11.0. The number of halogens is 1. The number of aryl methyl sites for hydroxylation is 1. The largest absolute Gasteiger partial charge is 0.465 e. The molecule has 1 heterocycles. The Bertz CT molecular complexity index is 531. The quantitative estimate of drug-likeness (QED) is 0.808. The van der Waals surface area contributed by atoms with E-state index in [4.69, 9.17) is 4.74 Å². The van der Waals surface area contributed by atoms with Gasteiger partial charge in [-0.05, 0) is 24.6 Å². The van der Waals surface area contributed by atoms with Gasteiger partial charge in [0, 0.05) is 16.1 Å². The molecule has 0 aliphatic heterocycles. The molecule has 0 atom stereocenters. The Kier molecular flexibility index (Phi) is 2.52. The molecule has 0 saturated carbocycles. The first-order valence-electron chi connectivity index (χ1n) is 4.49. The molecule has 0 bridgehead atoms. The van der Waals surface area contributed by atoms with E-state index >= 15 is 0 Å². The van der Waals surface area contributed by atoms with Crippen molar-refractivity contribution in [2.75, 3.05) is 7.11 Å². The third kappa shape index (κ3) is 1.55. The molecule has 0 saturated heterocycles. The number of benzene rings is 1. The first-order valence-corrected chi connectivity index (χ1v) is 5.29. The number of methoxy groups -OCH3 is 1. The summed E-state index contributed by atoms with van der Waals surface area (Å²) in [4.78, 5) is 14.6. The van der Waals surface area contributed by atoms with Gasteiger partial charge in [-0.25, -0.2) is 4.79 Å². The average Bonchev–Trinajstić information content (AvgIpc) is 2.71. The van der Waals surface area contributed by atoms with Crippen LogP contribution in [-0.2, 0) is 4.74 Å². The van der Waals surface area contributed by atoms with Crippen LogP contribution in [-0.4, -0.2) is 18.1 Å². The van der Waals surface area contributed by atoms with Gasteiger partial charge in [-0.2, -0.15) is 0 Å². The Morgan fingerprint density at radius 1 is 1.53 bits per heavy atom. The highest BCUT2D eigenvalue weighted by Crippen LogP contribution is 2.28. The number of fused-ring (bicyclic) bond motifs is 1. The number of esters is 1. The van der Waals surface area contributed by atoms with Gasteiger partial charge >= 0.3 is 5.97 Å². The summed E-state index contributed by atoms with van der Waals surface area (Å²) in [6.45, 7) is 1.99. The topological polar surface area (TPSA) is 42.1 Å². The number of hydrogen-bond donors (Lipinski definition) is 1. The van der Waals surface area contributed by atoms with Gasteiger partial charge < -0.3 is 9.72 Å². The summed E-state index contributed by atoms with van der Waals surface area (Å²) in [5.41, 5.74) is 2.62. The Morgan fingerprint density at radius 3 is 2.93 bits per heavy atom. The summed E-state index contributed by atoms with van der Waals surface area (Å²) in [7, 11) is 1.38. The lowest BCUT2D eigenvalue weighted by Crippen LogP contribution is -2.02. The lowest BCUT2D eigenvalue weighted by atomic mass is 10.1. The number of nitrogens with one attached hydrogen (secondary N) is 1. The van der Waals surface area contributed by atoms with Crippen molar-refractivity contribution < 1.29 is 9.53 Å². The number of ether oxygens (including phenoxy) is 1. The summed E-state index contributed by atoms with van der Waals surface area (Å²) >= 11 is 3.42. The molecule has 0 radical (unpaired) electrons. The van der Waals surface area contributed by atoms with E-state index in [1.807, 2.05) is 19.2 Å². The van der Waals surface area contributed by atoms with Gasteiger partial charge in [0.1, 0.15) is 0 Å². The third-order valence-corrected chi connectivity index (χ3v) is 3.27. The van der Waals surface area contributed by atoms with Crippen LogP contribution in [0.5, 0.6) is 0 Å². The minimum Gasteiger partial charge on any atom is -0.465 e. The first-order chi connectivity index (χ1) is 7.15. The van der Waals surface area contributed by atoms with Crippen LogP contribution in [0.15, 0.2) is 22.8 Å². The SMILES string of the molecule is COC(=O)c1cc(Br)c(C)c2[nH]ccc12. The molecule has 0 unspecified atom stereocenters. The molecule has 4 heteroatoms. The summed E-state index contributed by atoms with van der Waals surface area (Å²) < 4.78 is 5.64. The Labute approximate surface area is 95.6 Å². The maximum absolute atomic E-state index is 11.5. The Morgan fingerprint density at radius 2 is 2.27 bits per heavy atom. The molecule has 0 spiro atoms. The molecule has 1 aromatic heterocycles. The third-order valence-electron chi connectivity index (χ3n) is 2.45. The van der Waals surface area contributed by atoms with Gasteiger partial charge in [-0.1, -0.05) is 15.9 Å². The highest BCUT2D eigenvalue weighted by molar-refractivity contribution is 9.10. The molecular weight excluding hydrogens is 258 g/mol. The van der Waals surface area contributed by atoms with E-state index in [0.717, 1.165) is 20.9 Å². The molecular formula is C11H10BrNO2. The highest BCUT2D eigenvalue weighted by Gasteiger charge is 2.14. The monoisotopic (exact) mass is 267 g/mol. The van der Waals surface area contributed by atoms with Crippen molar-refractivity contribution in [1.29, 1.82) is 0 Å². The molecule has 2 aromatic rings. The predicted molar refractivity (Wildman–Crippen MR) is 62.1 cm³/mol. The first kappa shape index (κ1) is 10.2. The summed E-state index contributed by atoms with van der Waals surface area (Å²) in [5, 5.41) is 0.891. The van der Waals surface area contributed by atoms with Crippen molar-refractivity contribution in [3.8, 4) is 0 Å². The van der Waals surface area contributed by atoms with E-state index in [-0.39, 0.29) is 5.97 Å². The average molecular weight is 268 g/mol. The molecule has 78 valence electrons. The highest BCUT2D eigenvalue weighted by atomic mass is 79.9. The lowest BCUT2D eigenvalue weighted by molar-refractivity contribution is 0.0603. The van der Waals surface area contributed by atoms with Crippen molar-refractivity contribution in [3.63, 3.8) is 0 Å². The number of hydrogen-bond acceptors (Lipinski definition) is 2. The number of carbonyl (C=O) groups excluding carboxylic acids is 1. The van der Waals surface area contributed by atoms with Crippen LogP contribution in [0, 0.1) is 6.92 Å². The van der Waals surface area contributed by atoms with Crippen LogP contribution >= 0.6 is 15.9 Å². The zero-order valence-electron chi connectivity index (χ0n) is 8.43. The molecule has 2 rings (SSSR count). The summed E-state index contributed by atoms with van der Waals surface area (Å²) in [6.07, 6.45) is 1.82. The van der Waals surface area contributed by atoms with Gasteiger partial charge in [0.15, 0.2) is 0 Å². The van der Waals surface area contributed by atoms with Gasteiger partial charge in [-0.3, -0.25) is 0 Å². The fourth-order valence-corrected chi connectivity index (χ4v) is 2.04. The molecule has 3 nitrogen and oxygen atoms in total. The molecule has 15 heavy (non-hydrogen) atoms. The molecule has 0 aliphatic carbocycles. The van der Waals surface area contributed by atoms with Crippen molar-refractivity contribution in [2.45, 2.75) is 6.92 Å². The second-order valence-electron chi connectivity index (χ2n) is 3.29. The molecule has 0 amide bonds. The molecule has 0 aliphatic rings. The second kappa shape index (κ2) is 3.70. The molecule has 1 N–H and O–H groups in total. The van der Waals surface area contributed by atoms with E-state index in [2.05, 4.69) is 20.9 Å². The molecule has 1 aromatic carbocycles. The maximum atomic E-state index is 11.5. The number of aromatic nitrogens is 1. The fraction of sp³-hybridized carbons (Fsp3) is 0.182. The smallest absolute Gasteiger partial charge is 0.338 e. The van der Waals surface area contributed by atoms with E-state index in [1.165, 1.54) is 7.11 Å². The maximum Gasteiger partial charge on any atom is 0.338 e. The van der Waals surface area contributed by atoms with E-state index in [1.54, 1.807) is 6.07 Å². The number of rotatable bonds is 1. The van der Waals surface area contributed by atoms with Crippen molar-refractivity contribution in [3.05, 3.63) is 33.9 Å². The van der Waals surface area contributed by atoms with Crippen LogP contribution < -0.4 is 0 Å². The number of carbonyl (C=O) groups is 1. The minimum atomic E-state index is -0.319. The standard InChI is InChI=1S/C11H10BrNO2/c1-6-9(12)5-8(11(14)15-2)7-3-4-13-10(6)7/h3-5,13H,1-2H3. The van der Waals surface area contributed by atoms with Crippen molar-refractivity contribution >= 4 is 32.8 Å². The van der Waals surface area contributed by atoms with Gasteiger partial charge in [0.2, 0.25) is 0 Å². The Balaban J connectivity index is 2.80. The van der Waals surface area contributed by atoms with Crippen molar-refractivity contribution in [1.82, 2.24) is 4.98 Å². The Hall–Kier alpha value is -1.29. The van der Waals surface area contributed by atoms with E-state index in [9.17, 15) is 4.79 Å². The second-order valence-corrected chi connectivity index (χ2v) is 4.14. The van der Waals surface area contributed by atoms with Crippen LogP contribution in [0.1, 0.15) is 15.9 Å². The minimum absolute atomic E-state index is 0.319. The van der Waals surface area contributed by atoms with E-state index in [0.29, 0.717) is 5.56 Å². The van der Waals surface area contributed by atoms with Crippen LogP contribution in [0.2, 0.25) is 0 Å². The zero-order valence-corrected chi connectivity index (χ0v) is 10.0. The van der Waals surface area contributed by atoms with Crippen LogP contribution in [0.4, 0.5) is 0 Å². The van der Waals surface area contributed by atoms with Gasteiger partial charge in [0.05, 0.1) is 18.2 Å².